The first kappa shape index (κ1) is 25.4. The van der Waals surface area contributed by atoms with Crippen LogP contribution in [-0.4, -0.2) is 47.4 Å². The van der Waals surface area contributed by atoms with Crippen LogP contribution in [0.25, 0.3) is 0 Å². The first-order chi connectivity index (χ1) is 16.1. The Labute approximate surface area is 206 Å². The van der Waals surface area contributed by atoms with E-state index in [0.29, 0.717) is 34.5 Å². The lowest BCUT2D eigenvalue weighted by Crippen LogP contribution is -2.54. The Morgan fingerprint density at radius 3 is 2.59 bits per heavy atom. The maximum Gasteiger partial charge on any atom is 0.341 e. The Hall–Kier alpha value is -1.70. The van der Waals surface area contributed by atoms with Crippen molar-refractivity contribution < 1.29 is 19.1 Å². The average molecular weight is 496 g/mol. The van der Waals surface area contributed by atoms with E-state index in [1.54, 1.807) is 6.92 Å². The number of alkyl halides is 1. The van der Waals surface area contributed by atoms with Crippen molar-refractivity contribution >= 4 is 29.4 Å². The van der Waals surface area contributed by atoms with Crippen LogP contribution in [-0.2, 0) is 14.3 Å². The third kappa shape index (κ3) is 4.35. The molecule has 0 radical (unpaired) electrons. The van der Waals surface area contributed by atoms with E-state index in [9.17, 15) is 19.3 Å². The number of Topliss-reactive ketones (excluding diaryl/α,β-unsaturated/α-hetero) is 1. The number of nitroso groups, excluding NO2 is 1. The molecule has 34 heavy (non-hydrogen) atoms. The Morgan fingerprint density at radius 1 is 1.15 bits per heavy atom. The molecule has 2 amide bonds. The van der Waals surface area contributed by atoms with Crippen molar-refractivity contribution in [2.75, 3.05) is 12.4 Å². The van der Waals surface area contributed by atoms with Crippen LogP contribution in [0.5, 0.6) is 0 Å². The van der Waals surface area contributed by atoms with Crippen molar-refractivity contribution in [3.63, 3.8) is 0 Å². The maximum atomic E-state index is 12.9. The molecule has 0 aromatic heterocycles. The molecule has 0 spiro atoms. The quantitative estimate of drug-likeness (QED) is 0.246. The maximum absolute atomic E-state index is 12.9. The van der Waals surface area contributed by atoms with E-state index in [1.165, 1.54) is 6.42 Å². The Kier molecular flexibility index (Phi) is 7.28. The smallest absolute Gasteiger partial charge is 0.341 e. The lowest BCUT2D eigenvalue weighted by molar-refractivity contribution is -0.165. The number of rotatable bonds is 6. The van der Waals surface area contributed by atoms with Crippen LogP contribution >= 0.6 is 11.6 Å². The van der Waals surface area contributed by atoms with Crippen LogP contribution in [0.15, 0.2) is 5.29 Å². The number of ketones is 1. The molecule has 0 aromatic carbocycles. The number of esters is 1. The van der Waals surface area contributed by atoms with E-state index in [0.717, 1.165) is 51.4 Å². The van der Waals surface area contributed by atoms with Gasteiger partial charge in [0, 0.05) is 24.1 Å². The highest BCUT2D eigenvalue weighted by Crippen LogP contribution is 2.66. The van der Waals surface area contributed by atoms with Gasteiger partial charge in [0.05, 0.1) is 11.8 Å². The highest BCUT2D eigenvalue weighted by Gasteiger charge is 2.61. The van der Waals surface area contributed by atoms with Gasteiger partial charge in [0.15, 0.2) is 0 Å². The molecule has 8 atom stereocenters. The molecule has 4 fully saturated rings. The van der Waals surface area contributed by atoms with Gasteiger partial charge in [-0.25, -0.2) is 9.59 Å². The fourth-order valence-electron chi connectivity index (χ4n) is 8.01. The molecule has 0 aromatic rings. The SMILES string of the molecule is C[C@H](NC(=O)N(CCCl)N=O)C(=O)O[C@H]1CCC2C3CC[C@H]4CC(=O)CC[C@]4(C)C3CC[C@@]21C. The number of hydrogen-bond acceptors (Lipinski definition) is 6. The fourth-order valence-corrected chi connectivity index (χ4v) is 8.17. The number of hydrogen-bond donors (Lipinski definition) is 1. The molecule has 0 bridgehead atoms. The third-order valence-corrected chi connectivity index (χ3v) is 10.1. The van der Waals surface area contributed by atoms with Crippen molar-refractivity contribution in [3.05, 3.63) is 4.91 Å². The number of nitrogens with one attached hydrogen (secondary N) is 1. The predicted molar refractivity (Wildman–Crippen MR) is 128 cm³/mol. The summed E-state index contributed by atoms with van der Waals surface area (Å²) in [4.78, 5) is 48.0. The lowest BCUT2D eigenvalue weighted by atomic mass is 9.45. The molecular weight excluding hydrogens is 458 g/mol. The van der Waals surface area contributed by atoms with Crippen LogP contribution in [0.2, 0.25) is 0 Å². The second-order valence-electron chi connectivity index (χ2n) is 11.5. The van der Waals surface area contributed by atoms with E-state index in [2.05, 4.69) is 24.5 Å². The molecule has 8 nitrogen and oxygen atoms in total. The summed E-state index contributed by atoms with van der Waals surface area (Å²) >= 11 is 5.59. The van der Waals surface area contributed by atoms with Crippen LogP contribution in [0.1, 0.15) is 78.6 Å². The summed E-state index contributed by atoms with van der Waals surface area (Å²) in [5, 5.41) is 5.81. The van der Waals surface area contributed by atoms with Gasteiger partial charge in [0.2, 0.25) is 0 Å². The summed E-state index contributed by atoms with van der Waals surface area (Å²) < 4.78 is 5.99. The molecule has 4 saturated carbocycles. The second kappa shape index (κ2) is 9.75. The third-order valence-electron chi connectivity index (χ3n) is 9.98. The van der Waals surface area contributed by atoms with Crippen molar-refractivity contribution in [1.82, 2.24) is 10.3 Å². The molecule has 0 aliphatic heterocycles. The molecule has 4 rings (SSSR count). The lowest BCUT2D eigenvalue weighted by Gasteiger charge is -2.60. The zero-order valence-electron chi connectivity index (χ0n) is 20.6. The van der Waals surface area contributed by atoms with Gasteiger partial charge >= 0.3 is 12.0 Å². The van der Waals surface area contributed by atoms with Crippen LogP contribution < -0.4 is 5.32 Å². The summed E-state index contributed by atoms with van der Waals surface area (Å²) in [6.45, 7) is 6.24. The van der Waals surface area contributed by atoms with Gasteiger partial charge in [0.1, 0.15) is 17.9 Å². The summed E-state index contributed by atoms with van der Waals surface area (Å²) in [6.07, 6.45) is 8.66. The molecule has 190 valence electrons. The standard InChI is InChI=1S/C25H38ClN3O5/c1-15(27-23(32)29(28-33)13-12-26)22(31)34-21-7-6-19-18-5-4-16-14-17(30)8-10-24(16,2)20(18)9-11-25(19,21)3/h15-16,18-21H,4-14H2,1-3H3,(H,27,32)/t15-,16-,18?,19?,20?,21-,24-,25-/m0/s1. The van der Waals surface area contributed by atoms with Crippen LogP contribution in [0, 0.1) is 39.4 Å². The van der Waals surface area contributed by atoms with E-state index in [-0.39, 0.29) is 29.4 Å². The van der Waals surface area contributed by atoms with Crippen molar-refractivity contribution in [3.8, 4) is 0 Å². The summed E-state index contributed by atoms with van der Waals surface area (Å²) in [7, 11) is 0. The Bertz CT molecular complexity index is 839. The molecule has 3 unspecified atom stereocenters. The normalized spacial score (nSPS) is 39.8. The number of carbonyl (C=O) groups excluding carboxylic acids is 3. The second-order valence-corrected chi connectivity index (χ2v) is 11.9. The van der Waals surface area contributed by atoms with Gasteiger partial charge in [-0.3, -0.25) is 4.79 Å². The van der Waals surface area contributed by atoms with Gasteiger partial charge < -0.3 is 10.1 Å². The summed E-state index contributed by atoms with van der Waals surface area (Å²) in [5.74, 6) is 2.33. The number of amides is 2. The van der Waals surface area contributed by atoms with Gasteiger partial charge in [-0.2, -0.15) is 5.01 Å². The van der Waals surface area contributed by atoms with Gasteiger partial charge in [-0.1, -0.05) is 13.8 Å². The summed E-state index contributed by atoms with van der Waals surface area (Å²) in [5.41, 5.74) is 0.191. The minimum absolute atomic E-state index is 0.0302. The minimum atomic E-state index is -0.889. The minimum Gasteiger partial charge on any atom is -0.460 e. The van der Waals surface area contributed by atoms with E-state index >= 15 is 0 Å². The molecule has 1 N–H and O–H groups in total. The predicted octanol–water partition coefficient (Wildman–Crippen LogP) is 4.83. The molecule has 9 heteroatoms. The van der Waals surface area contributed by atoms with Gasteiger partial charge in [0.25, 0.3) is 0 Å². The van der Waals surface area contributed by atoms with E-state index in [1.807, 2.05) is 0 Å². The molecule has 4 aliphatic carbocycles. The number of urea groups is 1. The monoisotopic (exact) mass is 495 g/mol. The largest absolute Gasteiger partial charge is 0.460 e. The molecule has 0 saturated heterocycles. The zero-order valence-corrected chi connectivity index (χ0v) is 21.3. The first-order valence-electron chi connectivity index (χ1n) is 12.8. The average Bonchev–Trinajstić information content (AvgIpc) is 3.13. The fraction of sp³-hybridized carbons (Fsp3) is 0.880. The number of halogens is 1. The Morgan fingerprint density at radius 2 is 1.88 bits per heavy atom. The highest BCUT2D eigenvalue weighted by atomic mass is 35.5. The van der Waals surface area contributed by atoms with Gasteiger partial charge in [-0.05, 0) is 81.0 Å². The number of ether oxygens (including phenoxy) is 1. The number of nitrogens with zero attached hydrogens (tertiary/aromatic N) is 2. The Balaban J connectivity index is 1.40. The summed E-state index contributed by atoms with van der Waals surface area (Å²) in [6, 6.07) is -1.65. The number of fused-ring (bicyclic) bond motifs is 5. The van der Waals surface area contributed by atoms with Gasteiger partial charge in [-0.15, -0.1) is 16.5 Å². The molecule has 4 aliphatic rings. The van der Waals surface area contributed by atoms with Crippen molar-refractivity contribution in [1.29, 1.82) is 0 Å². The van der Waals surface area contributed by atoms with Crippen molar-refractivity contribution in [2.24, 2.45) is 39.8 Å². The molecule has 0 heterocycles. The van der Waals surface area contributed by atoms with E-state index < -0.39 is 18.0 Å². The van der Waals surface area contributed by atoms with E-state index in [4.69, 9.17) is 16.3 Å². The van der Waals surface area contributed by atoms with Crippen LogP contribution in [0.4, 0.5) is 4.79 Å². The zero-order chi connectivity index (χ0) is 24.7. The van der Waals surface area contributed by atoms with Crippen LogP contribution in [0.3, 0.4) is 0 Å². The molecular formula is C25H38ClN3O5. The van der Waals surface area contributed by atoms with Crippen molar-refractivity contribution in [2.45, 2.75) is 90.7 Å². The first-order valence-corrected chi connectivity index (χ1v) is 13.4. The highest BCUT2D eigenvalue weighted by molar-refractivity contribution is 6.18. The number of carbonyl (C=O) groups is 3. The topological polar surface area (TPSA) is 105 Å².